The van der Waals surface area contributed by atoms with Crippen LogP contribution < -0.4 is 14.2 Å². The Morgan fingerprint density at radius 2 is 1.71 bits per heavy atom. The molecule has 0 bridgehead atoms. The van der Waals surface area contributed by atoms with E-state index in [9.17, 15) is 8.42 Å². The summed E-state index contributed by atoms with van der Waals surface area (Å²) in [5.41, 5.74) is 1.07. The van der Waals surface area contributed by atoms with Crippen LogP contribution in [0.15, 0.2) is 18.7 Å². The summed E-state index contributed by atoms with van der Waals surface area (Å²) in [5, 5.41) is 7.32. The number of aryl methyl sites for hydroxylation is 1. The Bertz CT molecular complexity index is 1320. The average molecular weight is 549 g/mol. The number of aromatic nitrogens is 7. The molecule has 1 saturated heterocycles. The van der Waals surface area contributed by atoms with Crippen molar-refractivity contribution in [3.05, 3.63) is 35.9 Å². The van der Waals surface area contributed by atoms with Crippen molar-refractivity contribution in [3.8, 4) is 17.4 Å². The van der Waals surface area contributed by atoms with E-state index in [0.29, 0.717) is 18.9 Å². The smallest absolute Gasteiger partial charge is 0.245 e. The largest absolute Gasteiger partial charge is 0.479 e. The van der Waals surface area contributed by atoms with Crippen molar-refractivity contribution < 1.29 is 27.4 Å². The van der Waals surface area contributed by atoms with Gasteiger partial charge in [-0.2, -0.15) is 9.97 Å². The maximum Gasteiger partial charge on any atom is 0.245 e. The highest BCUT2D eigenvalue weighted by Gasteiger charge is 2.37. The second-order valence-corrected chi connectivity index (χ2v) is 11.1. The van der Waals surface area contributed by atoms with E-state index in [1.54, 1.807) is 12.4 Å². The van der Waals surface area contributed by atoms with Gasteiger partial charge in [0.2, 0.25) is 27.7 Å². The molecule has 4 heterocycles. The number of hydrogen-bond acceptors (Lipinski definition) is 12. The maximum absolute atomic E-state index is 13.7. The van der Waals surface area contributed by atoms with Crippen LogP contribution in [0.25, 0.3) is 5.69 Å². The fourth-order valence-electron chi connectivity index (χ4n) is 4.02. The molecular formula is C23H32N8O6S. The molecule has 4 rings (SSSR count). The van der Waals surface area contributed by atoms with Crippen LogP contribution in [0.3, 0.4) is 0 Å². The van der Waals surface area contributed by atoms with Crippen molar-refractivity contribution in [2.45, 2.75) is 64.1 Å². The topological polar surface area (TPSA) is 165 Å². The van der Waals surface area contributed by atoms with Crippen molar-refractivity contribution in [2.75, 3.05) is 25.5 Å². The van der Waals surface area contributed by atoms with E-state index in [1.165, 1.54) is 32.0 Å². The number of hydrogen-bond donors (Lipinski definition) is 1. The molecule has 1 aliphatic rings. The molecule has 1 aliphatic heterocycles. The third-order valence-electron chi connectivity index (χ3n) is 5.89. The molecule has 0 radical (unpaired) electrons. The first-order valence-electron chi connectivity index (χ1n) is 12.1. The summed E-state index contributed by atoms with van der Waals surface area (Å²) in [4.78, 5) is 17.0. The van der Waals surface area contributed by atoms with Gasteiger partial charge in [-0.3, -0.25) is 9.29 Å². The third kappa shape index (κ3) is 5.68. The number of sulfonamides is 1. The van der Waals surface area contributed by atoms with Gasteiger partial charge in [0.25, 0.3) is 0 Å². The van der Waals surface area contributed by atoms with Gasteiger partial charge in [-0.25, -0.2) is 18.4 Å². The Hall–Kier alpha value is -3.43. The van der Waals surface area contributed by atoms with E-state index in [2.05, 4.69) is 34.9 Å². The van der Waals surface area contributed by atoms with Gasteiger partial charge in [-0.15, -0.1) is 10.2 Å². The Balaban J connectivity index is 1.78. The zero-order chi connectivity index (χ0) is 27.4. The monoisotopic (exact) mass is 548 g/mol. The van der Waals surface area contributed by atoms with E-state index in [4.69, 9.17) is 18.9 Å². The minimum absolute atomic E-state index is 0.109. The van der Waals surface area contributed by atoms with Gasteiger partial charge in [0, 0.05) is 19.0 Å². The Morgan fingerprint density at radius 1 is 1.05 bits per heavy atom. The summed E-state index contributed by atoms with van der Waals surface area (Å²) in [5.74, 6) is 0.776. The number of nitrogens with zero attached hydrogens (tertiary/aromatic N) is 7. The van der Waals surface area contributed by atoms with E-state index >= 15 is 0 Å². The molecule has 0 saturated carbocycles. The molecule has 3 aromatic heterocycles. The lowest BCUT2D eigenvalue weighted by Crippen LogP contribution is -2.35. The molecule has 0 amide bonds. The lowest BCUT2D eigenvalue weighted by molar-refractivity contribution is 0.00152. The first-order chi connectivity index (χ1) is 18.2. The summed E-state index contributed by atoms with van der Waals surface area (Å²) in [6.07, 6.45) is 4.34. The van der Waals surface area contributed by atoms with Gasteiger partial charge in [0.15, 0.2) is 17.3 Å². The predicted molar refractivity (Wildman–Crippen MR) is 136 cm³/mol. The summed E-state index contributed by atoms with van der Waals surface area (Å²) in [6.45, 7) is 7.53. The summed E-state index contributed by atoms with van der Waals surface area (Å²) in [6, 6.07) is 0. The molecule has 1 fully saturated rings. The molecule has 3 aromatic rings. The quantitative estimate of drug-likeness (QED) is 0.372. The van der Waals surface area contributed by atoms with Gasteiger partial charge in [-0.1, -0.05) is 0 Å². The second-order valence-electron chi connectivity index (χ2n) is 9.04. The van der Waals surface area contributed by atoms with E-state index < -0.39 is 27.5 Å². The standard InChI is InChI=1S/C23H32N8O6S/c1-13(2)37-18(19-24-10-14(3)11-25-19)15(4)38(32,33)30-23-29-28-20(16-8-7-9-36-16)31(23)17-21(34-5)26-12-27-22(17)35-6/h10-13,15-16,18H,7-9H2,1-6H3,(H,29,30)/t15?,16-,18?/m0/s1. The van der Waals surface area contributed by atoms with Crippen molar-refractivity contribution in [1.82, 2.24) is 34.7 Å². The van der Waals surface area contributed by atoms with Gasteiger partial charge in [-0.05, 0) is 46.1 Å². The van der Waals surface area contributed by atoms with E-state index in [1.807, 2.05) is 20.8 Å². The summed E-state index contributed by atoms with van der Waals surface area (Å²) in [7, 11) is -1.27. The van der Waals surface area contributed by atoms with Gasteiger partial charge >= 0.3 is 0 Å². The van der Waals surface area contributed by atoms with Crippen molar-refractivity contribution in [3.63, 3.8) is 0 Å². The Kier molecular flexibility index (Phi) is 8.38. The fourth-order valence-corrected chi connectivity index (χ4v) is 5.10. The molecule has 0 aromatic carbocycles. The highest BCUT2D eigenvalue weighted by molar-refractivity contribution is 7.93. The van der Waals surface area contributed by atoms with Crippen LogP contribution >= 0.6 is 0 Å². The van der Waals surface area contributed by atoms with Crippen molar-refractivity contribution in [1.29, 1.82) is 0 Å². The van der Waals surface area contributed by atoms with Crippen LogP contribution in [0.4, 0.5) is 5.95 Å². The average Bonchev–Trinajstić information content (AvgIpc) is 3.56. The Morgan fingerprint density at radius 3 is 2.26 bits per heavy atom. The number of anilines is 1. The van der Waals surface area contributed by atoms with Crippen molar-refractivity contribution in [2.24, 2.45) is 0 Å². The molecule has 1 N–H and O–H groups in total. The lowest BCUT2D eigenvalue weighted by Gasteiger charge is -2.25. The number of ether oxygens (including phenoxy) is 4. The highest BCUT2D eigenvalue weighted by atomic mass is 32.2. The van der Waals surface area contributed by atoms with Crippen LogP contribution in [-0.2, 0) is 19.5 Å². The normalized spacial score (nSPS) is 17.4. The zero-order valence-electron chi connectivity index (χ0n) is 22.2. The number of methoxy groups -OCH3 is 2. The van der Waals surface area contributed by atoms with E-state index in [0.717, 1.165) is 12.0 Å². The Labute approximate surface area is 221 Å². The van der Waals surface area contributed by atoms with Gasteiger partial charge < -0.3 is 18.9 Å². The summed E-state index contributed by atoms with van der Waals surface area (Å²) < 4.78 is 54.2. The molecule has 2 unspecified atom stereocenters. The SMILES string of the molecule is COc1ncnc(OC)c1-n1c(NS(=O)(=O)C(C)C(OC(C)C)c2ncc(C)cn2)nnc1[C@@H]1CCCO1. The highest BCUT2D eigenvalue weighted by Crippen LogP contribution is 2.37. The maximum atomic E-state index is 13.7. The first-order valence-corrected chi connectivity index (χ1v) is 13.7. The van der Waals surface area contributed by atoms with Crippen LogP contribution in [0.1, 0.15) is 63.0 Å². The number of nitrogens with one attached hydrogen (secondary N) is 1. The molecule has 0 spiro atoms. The number of rotatable bonds is 11. The van der Waals surface area contributed by atoms with Crippen LogP contribution in [0.2, 0.25) is 0 Å². The molecule has 38 heavy (non-hydrogen) atoms. The minimum atomic E-state index is -4.14. The van der Waals surface area contributed by atoms with Crippen LogP contribution in [0.5, 0.6) is 11.8 Å². The van der Waals surface area contributed by atoms with Gasteiger partial charge in [0.05, 0.1) is 20.3 Å². The van der Waals surface area contributed by atoms with Crippen LogP contribution in [0, 0.1) is 6.92 Å². The van der Waals surface area contributed by atoms with E-state index in [-0.39, 0.29) is 35.3 Å². The molecular weight excluding hydrogens is 516 g/mol. The van der Waals surface area contributed by atoms with Gasteiger partial charge in [0.1, 0.15) is 23.8 Å². The fraction of sp³-hybridized carbons (Fsp3) is 0.565. The second kappa shape index (κ2) is 11.5. The molecule has 3 atom stereocenters. The molecule has 15 heteroatoms. The zero-order valence-corrected chi connectivity index (χ0v) is 23.0. The molecule has 14 nitrogen and oxygen atoms in total. The molecule has 0 aliphatic carbocycles. The third-order valence-corrected chi connectivity index (χ3v) is 7.59. The molecule has 206 valence electrons. The minimum Gasteiger partial charge on any atom is -0.479 e. The summed E-state index contributed by atoms with van der Waals surface area (Å²) >= 11 is 0. The van der Waals surface area contributed by atoms with Crippen molar-refractivity contribution >= 4 is 16.0 Å². The predicted octanol–water partition coefficient (Wildman–Crippen LogP) is 2.32. The lowest BCUT2D eigenvalue weighted by atomic mass is 10.2. The first kappa shape index (κ1) is 27.6. The van der Waals surface area contributed by atoms with Crippen LogP contribution in [-0.4, -0.2) is 75.3 Å².